The molecule has 2 rings (SSSR count). The van der Waals surface area contributed by atoms with Crippen molar-refractivity contribution in [3.8, 4) is 11.5 Å². The second-order valence-corrected chi connectivity index (χ2v) is 13.0. The molecule has 0 aliphatic heterocycles. The Balaban J connectivity index is 0.00000109. The van der Waals surface area contributed by atoms with Gasteiger partial charge in [-0.05, 0) is 49.4 Å². The van der Waals surface area contributed by atoms with Crippen molar-refractivity contribution in [1.29, 1.82) is 0 Å². The van der Waals surface area contributed by atoms with Crippen molar-refractivity contribution in [3.05, 3.63) is 59.2 Å². The summed E-state index contributed by atoms with van der Waals surface area (Å²) in [5.41, 5.74) is 3.42. The van der Waals surface area contributed by atoms with E-state index in [0.717, 1.165) is 11.1 Å². The van der Waals surface area contributed by atoms with Crippen LogP contribution < -0.4 is 0 Å². The lowest BCUT2D eigenvalue weighted by atomic mass is 9.91. The van der Waals surface area contributed by atoms with Crippen molar-refractivity contribution < 1.29 is 10.2 Å². The number of phenols is 2. The second-order valence-electron chi connectivity index (χ2n) is 13.0. The first-order valence-electron chi connectivity index (χ1n) is 18.0. The molecule has 2 N–H and O–H groups in total. The number of hydrogen-bond donors (Lipinski definition) is 2. The third-order valence-corrected chi connectivity index (χ3v) is 8.75. The molecule has 0 fully saturated rings. The lowest BCUT2D eigenvalue weighted by molar-refractivity contribution is 0.453. The maximum Gasteiger partial charge on any atom is 0.121 e. The first kappa shape index (κ1) is 38.1. The maximum atomic E-state index is 10.4. The Bertz CT molecular complexity index is 859. The highest BCUT2D eigenvalue weighted by Crippen LogP contribution is 2.33. The summed E-state index contributed by atoms with van der Waals surface area (Å²) in [5.74, 6) is 1.29. The van der Waals surface area contributed by atoms with Crippen molar-refractivity contribution >= 4 is 0 Å². The molecule has 0 aromatic heterocycles. The number of para-hydroxylation sites is 1. The minimum atomic E-state index is 0.322. The van der Waals surface area contributed by atoms with Gasteiger partial charge in [-0.25, -0.2) is 0 Å². The fraction of sp³-hybridized carbons (Fsp3) is 0.700. The number of aromatic hydroxyl groups is 2. The summed E-state index contributed by atoms with van der Waals surface area (Å²) in [6, 6.07) is 13.0. The predicted octanol–water partition coefficient (Wildman–Crippen LogP) is 13.5. The zero-order valence-electron chi connectivity index (χ0n) is 28.3. The molecule has 1 atom stereocenters. The third-order valence-electron chi connectivity index (χ3n) is 8.75. The highest BCUT2D eigenvalue weighted by Gasteiger charge is 2.12. The summed E-state index contributed by atoms with van der Waals surface area (Å²) in [6.07, 6.45) is 32.8. The molecule has 0 spiro atoms. The molecule has 2 nitrogen and oxygen atoms in total. The first-order valence-corrected chi connectivity index (χ1v) is 18.0. The van der Waals surface area contributed by atoms with Gasteiger partial charge in [-0.2, -0.15) is 0 Å². The van der Waals surface area contributed by atoms with Gasteiger partial charge >= 0.3 is 0 Å². The molecule has 0 saturated heterocycles. The van der Waals surface area contributed by atoms with E-state index in [0.29, 0.717) is 17.4 Å². The second kappa shape index (κ2) is 26.7. The smallest absolute Gasteiger partial charge is 0.121 e. The zero-order valence-corrected chi connectivity index (χ0v) is 28.3. The van der Waals surface area contributed by atoms with Crippen LogP contribution in [0.1, 0.15) is 184 Å². The van der Waals surface area contributed by atoms with Gasteiger partial charge in [0.05, 0.1) is 0 Å². The fourth-order valence-corrected chi connectivity index (χ4v) is 6.01. The van der Waals surface area contributed by atoms with Crippen LogP contribution in [0.3, 0.4) is 0 Å². The van der Waals surface area contributed by atoms with Gasteiger partial charge in [0.2, 0.25) is 0 Å². The molecule has 1 unspecified atom stereocenters. The van der Waals surface area contributed by atoms with Gasteiger partial charge in [0, 0.05) is 0 Å². The number of hydrogen-bond acceptors (Lipinski definition) is 2. The summed E-state index contributed by atoms with van der Waals surface area (Å²) in [4.78, 5) is 0. The summed E-state index contributed by atoms with van der Waals surface area (Å²) in [7, 11) is 0. The average Bonchev–Trinajstić information content (AvgIpc) is 2.98. The molecular formula is C40H68O2. The van der Waals surface area contributed by atoms with E-state index in [1.54, 1.807) is 24.3 Å². The molecule has 42 heavy (non-hydrogen) atoms. The Morgan fingerprint density at radius 2 is 0.905 bits per heavy atom. The highest BCUT2D eigenvalue weighted by atomic mass is 16.3. The maximum absolute atomic E-state index is 10.4. The topological polar surface area (TPSA) is 40.5 Å². The van der Waals surface area contributed by atoms with E-state index in [2.05, 4.69) is 32.9 Å². The molecule has 0 bridgehead atoms. The van der Waals surface area contributed by atoms with Crippen molar-refractivity contribution in [1.82, 2.24) is 0 Å². The third kappa shape index (κ3) is 20.8. The molecule has 0 amide bonds. The van der Waals surface area contributed by atoms with Crippen LogP contribution in [0.5, 0.6) is 11.5 Å². The average molecular weight is 581 g/mol. The van der Waals surface area contributed by atoms with Gasteiger partial charge in [0.25, 0.3) is 0 Å². The number of phenolic OH excluding ortho intramolecular Hbond substituents is 2. The molecule has 2 aromatic rings. The number of benzene rings is 2. The number of rotatable bonds is 24. The first-order chi connectivity index (χ1) is 20.5. The summed E-state index contributed by atoms with van der Waals surface area (Å²) < 4.78 is 0. The highest BCUT2D eigenvalue weighted by molar-refractivity contribution is 5.44. The monoisotopic (exact) mass is 581 g/mol. The largest absolute Gasteiger partial charge is 0.508 e. The molecule has 0 heterocycles. The Kier molecular flexibility index (Phi) is 24.2. The van der Waals surface area contributed by atoms with Crippen LogP contribution in [0.25, 0.3) is 0 Å². The SMILES string of the molecule is CCCCCCCCCCCCCCCCCCCCCCCCC(C)c1cc(C)cc(C)c1O.Oc1ccccc1. The Morgan fingerprint density at radius 1 is 0.524 bits per heavy atom. The molecule has 0 radical (unpaired) electrons. The summed E-state index contributed by atoms with van der Waals surface area (Å²) >= 11 is 0. The van der Waals surface area contributed by atoms with E-state index in [1.165, 1.54) is 153 Å². The van der Waals surface area contributed by atoms with Crippen LogP contribution in [-0.2, 0) is 0 Å². The standard InChI is InChI=1S/C34H62O.C6H6O/c1-5-6-7-8-9-10-11-12-13-14-15-16-17-18-19-20-21-22-23-24-25-26-27-31(3)33-29-30(2)28-32(4)34(33)35;7-6-4-2-1-3-5-6/h28-29,31,35H,5-27H2,1-4H3;1-5,7H. The number of unbranched alkanes of at least 4 members (excludes halogenated alkanes) is 21. The van der Waals surface area contributed by atoms with Gasteiger partial charge in [-0.1, -0.05) is 191 Å². The van der Waals surface area contributed by atoms with Gasteiger partial charge in [0.15, 0.2) is 0 Å². The van der Waals surface area contributed by atoms with Crippen LogP contribution in [0.15, 0.2) is 42.5 Å². The Labute approximate surface area is 261 Å². The van der Waals surface area contributed by atoms with E-state index in [9.17, 15) is 5.11 Å². The van der Waals surface area contributed by atoms with Crippen molar-refractivity contribution in [2.45, 2.75) is 181 Å². The van der Waals surface area contributed by atoms with E-state index in [1.807, 2.05) is 13.0 Å². The number of aryl methyl sites for hydroxylation is 2. The van der Waals surface area contributed by atoms with Crippen LogP contribution in [0, 0.1) is 13.8 Å². The Morgan fingerprint density at radius 3 is 1.26 bits per heavy atom. The van der Waals surface area contributed by atoms with E-state index < -0.39 is 0 Å². The summed E-state index contributed by atoms with van der Waals surface area (Å²) in [6.45, 7) is 8.71. The fourth-order valence-electron chi connectivity index (χ4n) is 6.01. The predicted molar refractivity (Wildman–Crippen MR) is 186 cm³/mol. The van der Waals surface area contributed by atoms with Gasteiger partial charge in [-0.3, -0.25) is 0 Å². The molecule has 2 heteroatoms. The van der Waals surface area contributed by atoms with E-state index in [-0.39, 0.29) is 0 Å². The lowest BCUT2D eigenvalue weighted by Gasteiger charge is -2.16. The molecule has 2 aromatic carbocycles. The molecule has 0 aliphatic rings. The van der Waals surface area contributed by atoms with Crippen LogP contribution in [-0.4, -0.2) is 10.2 Å². The van der Waals surface area contributed by atoms with Gasteiger partial charge in [0.1, 0.15) is 11.5 Å². The minimum Gasteiger partial charge on any atom is -0.508 e. The molecule has 0 saturated carbocycles. The quantitative estimate of drug-likeness (QED) is 0.121. The van der Waals surface area contributed by atoms with Crippen LogP contribution in [0.2, 0.25) is 0 Å². The Hall–Kier alpha value is -1.96. The zero-order chi connectivity index (χ0) is 30.7. The van der Waals surface area contributed by atoms with Gasteiger partial charge < -0.3 is 10.2 Å². The van der Waals surface area contributed by atoms with Crippen molar-refractivity contribution in [3.63, 3.8) is 0 Å². The molecule has 0 aliphatic carbocycles. The van der Waals surface area contributed by atoms with E-state index >= 15 is 0 Å². The summed E-state index contributed by atoms with van der Waals surface area (Å²) in [5, 5.41) is 19.0. The minimum absolute atomic E-state index is 0.322. The van der Waals surface area contributed by atoms with Crippen LogP contribution >= 0.6 is 0 Å². The van der Waals surface area contributed by atoms with Crippen LogP contribution in [0.4, 0.5) is 0 Å². The van der Waals surface area contributed by atoms with Crippen molar-refractivity contribution in [2.24, 2.45) is 0 Å². The molecular weight excluding hydrogens is 512 g/mol. The van der Waals surface area contributed by atoms with E-state index in [4.69, 9.17) is 5.11 Å². The molecule has 240 valence electrons. The van der Waals surface area contributed by atoms with Gasteiger partial charge in [-0.15, -0.1) is 0 Å². The lowest BCUT2D eigenvalue weighted by Crippen LogP contribution is -1.97. The van der Waals surface area contributed by atoms with Crippen molar-refractivity contribution in [2.75, 3.05) is 0 Å². The normalized spacial score (nSPS) is 11.7.